The van der Waals surface area contributed by atoms with Crippen molar-refractivity contribution in [1.29, 1.82) is 0 Å². The smallest absolute Gasteiger partial charge is 0.352 e. The predicted octanol–water partition coefficient (Wildman–Crippen LogP) is 6.69. The summed E-state index contributed by atoms with van der Waals surface area (Å²) < 4.78 is 30.0. The molecule has 4 aliphatic rings. The highest BCUT2D eigenvalue weighted by Crippen LogP contribution is 2.44. The highest BCUT2D eigenvalue weighted by molar-refractivity contribution is 6.35. The molecule has 0 saturated carbocycles. The molecule has 1 atom stereocenters. The number of imide groups is 1. The Hall–Kier alpha value is -6.78. The van der Waals surface area contributed by atoms with Crippen molar-refractivity contribution < 1.29 is 42.9 Å². The van der Waals surface area contributed by atoms with Crippen molar-refractivity contribution in [3.63, 3.8) is 0 Å². The molecule has 2 aromatic heterocycles. The van der Waals surface area contributed by atoms with Gasteiger partial charge in [-0.15, -0.1) is 0 Å². The van der Waals surface area contributed by atoms with E-state index >= 15 is 0 Å². The number of likely N-dealkylation sites (tertiary alicyclic amines) is 2. The van der Waals surface area contributed by atoms with Crippen molar-refractivity contribution in [1.82, 2.24) is 34.4 Å². The normalized spacial score (nSPS) is 17.9. The number of nitrogens with zero attached hydrogens (tertiary/aromatic N) is 6. The predicted molar refractivity (Wildman–Crippen MR) is 251 cm³/mol. The van der Waals surface area contributed by atoms with Crippen LogP contribution in [0.15, 0.2) is 66.7 Å². The van der Waals surface area contributed by atoms with Crippen LogP contribution in [0, 0.1) is 25.1 Å². The van der Waals surface area contributed by atoms with Crippen molar-refractivity contribution in [3.8, 4) is 22.6 Å². The number of aryl methyl sites for hydroxylation is 3. The average Bonchev–Trinajstić information content (AvgIpc) is 4.04. The lowest BCUT2D eigenvalue weighted by molar-refractivity contribution is -0.137. The molecule has 1 spiro atoms. The minimum Gasteiger partial charge on any atom is -0.493 e. The van der Waals surface area contributed by atoms with E-state index in [9.17, 15) is 33.5 Å². The molecule has 0 radical (unpaired) electrons. The van der Waals surface area contributed by atoms with E-state index in [1.165, 1.54) is 17.0 Å². The fourth-order valence-electron chi connectivity index (χ4n) is 11.0. The number of carboxylic acids is 1. The standard InChI is InChI=1S/C51H51ClFN7O8/c1-29-44(30(2)56(3)55-29)45-38(52)15-14-35-34(9-6-22-67-40-10-4-7-31-23-32(53)12-13-33(31)40)47(50(65)66)59(46(35)45)21-20-57-26-51(27-57)18-19-58(28-51)43(62)25-68-41-11-5-8-36-37(41)24-60(49(36)64)39-16-17-42(61)54-48(39)63/h4-5,7-8,10-15,23,39H,6,9,16-22,24-28H2,1-3H3,(H,65,66)(H,54,61,63). The summed E-state index contributed by atoms with van der Waals surface area (Å²) in [7, 11) is 1.88. The number of piperidine rings is 1. The van der Waals surface area contributed by atoms with E-state index in [0.29, 0.717) is 78.8 Å². The van der Waals surface area contributed by atoms with Crippen LogP contribution in [0.25, 0.3) is 32.8 Å². The minimum atomic E-state index is -1.04. The number of fused-ring (bicyclic) bond motifs is 3. The summed E-state index contributed by atoms with van der Waals surface area (Å²) in [6.45, 7) is 7.72. The van der Waals surface area contributed by atoms with Gasteiger partial charge in [0.2, 0.25) is 11.8 Å². The number of ether oxygens (including phenoxy) is 2. The first kappa shape index (κ1) is 45.0. The van der Waals surface area contributed by atoms with Crippen LogP contribution in [0.1, 0.15) is 69.0 Å². The van der Waals surface area contributed by atoms with Crippen LogP contribution in [0.3, 0.4) is 0 Å². The lowest BCUT2D eigenvalue weighted by Crippen LogP contribution is -2.58. The molecular weight excluding hydrogens is 893 g/mol. The Bertz CT molecular complexity index is 3080. The van der Waals surface area contributed by atoms with Gasteiger partial charge in [0.1, 0.15) is 29.1 Å². The molecule has 4 amide bonds. The van der Waals surface area contributed by atoms with Crippen molar-refractivity contribution in [2.45, 2.75) is 65.1 Å². The lowest BCUT2D eigenvalue weighted by atomic mass is 9.79. The van der Waals surface area contributed by atoms with Crippen molar-refractivity contribution in [2.75, 3.05) is 45.9 Å². The summed E-state index contributed by atoms with van der Waals surface area (Å²) in [5, 5.41) is 20.8. The van der Waals surface area contributed by atoms with Crippen LogP contribution in [0.2, 0.25) is 5.02 Å². The molecule has 17 heteroatoms. The number of aromatic carboxylic acids is 1. The zero-order valence-corrected chi connectivity index (χ0v) is 38.8. The molecule has 4 aromatic carbocycles. The first-order valence-electron chi connectivity index (χ1n) is 23.0. The van der Waals surface area contributed by atoms with E-state index in [1.54, 1.807) is 28.9 Å². The number of benzene rings is 4. The summed E-state index contributed by atoms with van der Waals surface area (Å²) in [5.41, 5.74) is 5.85. The SMILES string of the molecule is Cc1nn(C)c(C)c1-c1c(Cl)ccc2c(CCCOc3cccc4cc(F)ccc34)c(C(=O)O)n(CCN3CC4(CCN(C(=O)COc5cccc6c5CN(C5CCC(=O)NC5=O)C6=O)C4)C3)c12. The van der Waals surface area contributed by atoms with Gasteiger partial charge in [-0.25, -0.2) is 9.18 Å². The van der Waals surface area contributed by atoms with Crippen molar-refractivity contribution in [2.24, 2.45) is 12.5 Å². The van der Waals surface area contributed by atoms with Crippen molar-refractivity contribution >= 4 is 62.9 Å². The molecule has 4 aliphatic heterocycles. The van der Waals surface area contributed by atoms with E-state index in [-0.39, 0.29) is 60.6 Å². The summed E-state index contributed by atoms with van der Waals surface area (Å²) in [5.74, 6) is -1.64. The molecular formula is C51H51ClFN7O8. The molecule has 1 unspecified atom stereocenters. The number of rotatable bonds is 14. The van der Waals surface area contributed by atoms with E-state index in [2.05, 4.69) is 15.3 Å². The Morgan fingerprint density at radius 3 is 2.50 bits per heavy atom. The van der Waals surface area contributed by atoms with Gasteiger partial charge in [0.05, 0.1) is 29.4 Å². The van der Waals surface area contributed by atoms with E-state index in [1.807, 2.05) is 60.7 Å². The second kappa shape index (κ2) is 17.7. The summed E-state index contributed by atoms with van der Waals surface area (Å²) in [6.07, 6.45) is 2.16. The molecule has 10 rings (SSSR count). The fourth-order valence-corrected chi connectivity index (χ4v) is 11.2. The van der Waals surface area contributed by atoms with Gasteiger partial charge >= 0.3 is 5.97 Å². The third-order valence-corrected chi connectivity index (χ3v) is 14.6. The number of carbonyl (C=O) groups excluding carboxylic acids is 4. The van der Waals surface area contributed by atoms with Crippen molar-refractivity contribution in [3.05, 3.63) is 111 Å². The van der Waals surface area contributed by atoms with Crippen LogP contribution in [0.4, 0.5) is 4.39 Å². The van der Waals surface area contributed by atoms with Gasteiger partial charge in [-0.05, 0) is 92.9 Å². The topological polar surface area (TPSA) is 169 Å². The molecule has 0 aliphatic carbocycles. The largest absolute Gasteiger partial charge is 0.493 e. The first-order chi connectivity index (χ1) is 32.7. The van der Waals surface area contributed by atoms with Gasteiger partial charge in [-0.3, -0.25) is 29.2 Å². The number of carboxylic acid groups (broad SMARTS) is 1. The van der Waals surface area contributed by atoms with Gasteiger partial charge in [0.15, 0.2) is 6.61 Å². The van der Waals surface area contributed by atoms with Gasteiger partial charge in [-0.2, -0.15) is 5.10 Å². The first-order valence-corrected chi connectivity index (χ1v) is 23.4. The highest BCUT2D eigenvalue weighted by atomic mass is 35.5. The average molecular weight is 944 g/mol. The minimum absolute atomic E-state index is 0.102. The quantitative estimate of drug-likeness (QED) is 0.0888. The second-order valence-electron chi connectivity index (χ2n) is 18.6. The molecule has 0 bridgehead atoms. The monoisotopic (exact) mass is 943 g/mol. The lowest BCUT2D eigenvalue weighted by Gasteiger charge is -2.48. The van der Waals surface area contributed by atoms with Crippen LogP contribution < -0.4 is 14.8 Å². The van der Waals surface area contributed by atoms with Gasteiger partial charge in [-0.1, -0.05) is 35.9 Å². The van der Waals surface area contributed by atoms with Crippen LogP contribution in [0.5, 0.6) is 11.5 Å². The molecule has 68 heavy (non-hydrogen) atoms. The highest BCUT2D eigenvalue weighted by Gasteiger charge is 2.48. The van der Waals surface area contributed by atoms with Gasteiger partial charge in [0.25, 0.3) is 11.8 Å². The second-order valence-corrected chi connectivity index (χ2v) is 19.0. The summed E-state index contributed by atoms with van der Waals surface area (Å²) in [6, 6.07) is 18.2. The molecule has 6 aromatic rings. The van der Waals surface area contributed by atoms with E-state index in [0.717, 1.165) is 63.7 Å². The zero-order chi connectivity index (χ0) is 47.6. The zero-order valence-electron chi connectivity index (χ0n) is 38.1. The maximum atomic E-state index is 14.0. The Morgan fingerprint density at radius 2 is 1.74 bits per heavy atom. The number of hydrogen-bond donors (Lipinski definition) is 2. The number of aromatic nitrogens is 3. The van der Waals surface area contributed by atoms with Gasteiger partial charge < -0.3 is 33.8 Å². The number of halogens is 2. The van der Waals surface area contributed by atoms with Gasteiger partial charge in [0, 0.05) is 96.9 Å². The molecule has 15 nitrogen and oxygen atoms in total. The maximum absolute atomic E-state index is 14.0. The van der Waals surface area contributed by atoms with Crippen LogP contribution >= 0.6 is 11.6 Å². The van der Waals surface area contributed by atoms with E-state index < -0.39 is 17.9 Å². The number of carbonyl (C=O) groups is 5. The Labute approximate surface area is 396 Å². The Kier molecular flexibility index (Phi) is 11.7. The molecule has 2 N–H and O–H groups in total. The molecule has 352 valence electrons. The third kappa shape index (κ3) is 8.02. The number of hydrogen-bond acceptors (Lipinski definition) is 9. The summed E-state index contributed by atoms with van der Waals surface area (Å²) >= 11 is 7.08. The molecule has 6 heterocycles. The van der Waals surface area contributed by atoms with E-state index in [4.69, 9.17) is 21.1 Å². The van der Waals surface area contributed by atoms with Crippen LogP contribution in [-0.2, 0) is 40.9 Å². The maximum Gasteiger partial charge on any atom is 0.352 e. The number of amides is 4. The molecule has 3 fully saturated rings. The molecule has 3 saturated heterocycles. The summed E-state index contributed by atoms with van der Waals surface area (Å²) in [4.78, 5) is 70.2. The Balaban J connectivity index is 0.825. The van der Waals surface area contributed by atoms with Crippen LogP contribution in [-0.4, -0.2) is 116 Å². The fraction of sp³-hybridized carbons (Fsp3) is 0.373. The number of nitrogens with one attached hydrogen (secondary N) is 1. The third-order valence-electron chi connectivity index (χ3n) is 14.3. The Morgan fingerprint density at radius 1 is 0.956 bits per heavy atom.